The molecule has 0 aliphatic heterocycles. The predicted molar refractivity (Wildman–Crippen MR) is 217 cm³/mol. The maximum absolute atomic E-state index is 15.6. The van der Waals surface area contributed by atoms with Crippen LogP contribution in [-0.2, 0) is 9.84 Å². The first kappa shape index (κ1) is 44.8. The number of nitrogens with zero attached hydrogens (tertiary/aromatic N) is 2. The Morgan fingerprint density at radius 1 is 0.441 bits per heavy atom. The molecule has 2 unspecified atom stereocenters. The van der Waals surface area contributed by atoms with Crippen molar-refractivity contribution < 1.29 is 65.6 Å². The Labute approximate surface area is 340 Å². The van der Waals surface area contributed by atoms with Gasteiger partial charge in [0, 0.05) is 0 Å². The van der Waals surface area contributed by atoms with Gasteiger partial charge in [0.1, 0.15) is 10.5 Å². The van der Waals surface area contributed by atoms with E-state index >= 15 is 8.42 Å². The molecule has 4 rings (SSSR count). The fraction of sp³-hybridized carbons (Fsp3) is 0.300. The largest absolute Gasteiger partial charge is 0.493 e. The van der Waals surface area contributed by atoms with Gasteiger partial charge in [0.05, 0.1) is 104 Å². The Morgan fingerprint density at radius 3 is 0.949 bits per heavy atom. The van der Waals surface area contributed by atoms with Crippen molar-refractivity contribution in [2.45, 2.75) is 10.5 Å². The summed E-state index contributed by atoms with van der Waals surface area (Å²) < 4.78 is 85.5. The normalized spacial score (nSPS) is 12.4. The van der Waals surface area contributed by atoms with Crippen LogP contribution in [0.4, 0.5) is 11.4 Å². The van der Waals surface area contributed by atoms with Gasteiger partial charge in [0.2, 0.25) is 11.5 Å². The molecule has 0 fully saturated rings. The van der Waals surface area contributed by atoms with E-state index in [2.05, 4.69) is 0 Å². The van der Waals surface area contributed by atoms with Crippen LogP contribution in [0, 0.1) is 20.2 Å². The van der Waals surface area contributed by atoms with Crippen molar-refractivity contribution in [2.75, 3.05) is 71.1 Å². The number of rotatable bonds is 20. The van der Waals surface area contributed by atoms with Gasteiger partial charge in [0.25, 0.3) is 11.4 Å². The van der Waals surface area contributed by atoms with Gasteiger partial charge in [-0.3, -0.25) is 20.2 Å². The molecule has 0 aliphatic rings. The Bertz CT molecular complexity index is 2150. The van der Waals surface area contributed by atoms with E-state index < -0.39 is 41.6 Å². The number of nitro groups is 2. The van der Waals surface area contributed by atoms with Crippen molar-refractivity contribution in [3.05, 3.63) is 103 Å². The van der Waals surface area contributed by atoms with Crippen LogP contribution in [0.1, 0.15) is 32.8 Å². The molecule has 0 saturated carbocycles. The molecule has 0 N–H and O–H groups in total. The van der Waals surface area contributed by atoms with E-state index in [-0.39, 0.29) is 68.6 Å². The lowest BCUT2D eigenvalue weighted by molar-refractivity contribution is -0.385. The van der Waals surface area contributed by atoms with Crippen LogP contribution < -0.4 is 47.4 Å². The van der Waals surface area contributed by atoms with Crippen molar-refractivity contribution in [1.82, 2.24) is 0 Å². The molecule has 0 radical (unpaired) electrons. The van der Waals surface area contributed by atoms with Crippen LogP contribution >= 0.6 is 0 Å². The molecule has 0 spiro atoms. The van der Waals surface area contributed by atoms with E-state index in [4.69, 9.17) is 47.4 Å². The molecule has 0 amide bonds. The molecule has 0 aromatic heterocycles. The third-order valence-electron chi connectivity index (χ3n) is 9.08. The fourth-order valence-corrected chi connectivity index (χ4v) is 8.27. The SMILES string of the molecule is COc1cc(C(/C=C/c2cc(OC)c(OC)c(OC)c2)S(=O)(=O)C(/C=C/c2cc(OC)c(OC)c(OC)c2)c2cc(OC)c(OC)cc2[N+](=O)[O-])c([N+](=O)[O-])cc1OC. The van der Waals surface area contributed by atoms with Gasteiger partial charge in [0.15, 0.2) is 55.8 Å². The Balaban J connectivity index is 2.17. The van der Waals surface area contributed by atoms with Gasteiger partial charge in [-0.25, -0.2) is 8.42 Å². The zero-order valence-corrected chi connectivity index (χ0v) is 34.7. The van der Waals surface area contributed by atoms with Gasteiger partial charge < -0.3 is 47.4 Å². The summed E-state index contributed by atoms with van der Waals surface area (Å²) in [4.78, 5) is 23.9. The van der Waals surface area contributed by atoms with Crippen LogP contribution in [0.5, 0.6) is 57.5 Å². The highest BCUT2D eigenvalue weighted by Gasteiger charge is 2.41. The number of sulfone groups is 1. The molecular weight excluding hydrogens is 797 g/mol. The summed E-state index contributed by atoms with van der Waals surface area (Å²) in [6.07, 6.45) is 5.18. The fourth-order valence-electron chi connectivity index (χ4n) is 6.27. The summed E-state index contributed by atoms with van der Waals surface area (Å²) in [6, 6.07) is 10.5. The summed E-state index contributed by atoms with van der Waals surface area (Å²) in [7, 11) is 8.53. The minimum Gasteiger partial charge on any atom is -0.493 e. The van der Waals surface area contributed by atoms with E-state index in [1.807, 2.05) is 0 Å². The molecule has 0 aliphatic carbocycles. The molecule has 4 aromatic rings. The molecule has 316 valence electrons. The molecule has 0 bridgehead atoms. The van der Waals surface area contributed by atoms with Gasteiger partial charge in [-0.2, -0.15) is 0 Å². The van der Waals surface area contributed by atoms with Gasteiger partial charge >= 0.3 is 0 Å². The van der Waals surface area contributed by atoms with Crippen LogP contribution in [0.3, 0.4) is 0 Å². The molecule has 0 heterocycles. The number of hydrogen-bond acceptors (Lipinski definition) is 16. The number of benzene rings is 4. The van der Waals surface area contributed by atoms with Gasteiger partial charge in [-0.05, 0) is 47.5 Å². The molecular formula is C40H44N2O16S. The summed E-state index contributed by atoms with van der Waals surface area (Å²) in [6.45, 7) is 0. The summed E-state index contributed by atoms with van der Waals surface area (Å²) in [5, 5.41) is 21.6. The highest BCUT2D eigenvalue weighted by atomic mass is 32.2. The average Bonchev–Trinajstić information content (AvgIpc) is 3.24. The Morgan fingerprint density at radius 2 is 0.712 bits per heavy atom. The van der Waals surface area contributed by atoms with Gasteiger partial charge in [-0.15, -0.1) is 0 Å². The Hall–Kier alpha value is -6.89. The van der Waals surface area contributed by atoms with Crippen LogP contribution in [0.25, 0.3) is 12.2 Å². The molecule has 2 atom stereocenters. The molecule has 19 heteroatoms. The highest BCUT2D eigenvalue weighted by Crippen LogP contribution is 2.48. The number of hydrogen-bond donors (Lipinski definition) is 0. The lowest BCUT2D eigenvalue weighted by Crippen LogP contribution is -2.21. The second-order valence-electron chi connectivity index (χ2n) is 12.1. The first-order valence-corrected chi connectivity index (χ1v) is 18.8. The maximum atomic E-state index is 15.6. The molecule has 18 nitrogen and oxygen atoms in total. The van der Waals surface area contributed by atoms with Gasteiger partial charge in [-0.1, -0.05) is 24.3 Å². The summed E-state index contributed by atoms with van der Waals surface area (Å²) in [5.41, 5.74) is -1.34. The first-order valence-electron chi connectivity index (χ1n) is 17.2. The van der Waals surface area contributed by atoms with Crippen LogP contribution in [-0.4, -0.2) is 89.4 Å². The first-order chi connectivity index (χ1) is 28.2. The monoisotopic (exact) mass is 840 g/mol. The number of methoxy groups -OCH3 is 10. The minimum atomic E-state index is -4.95. The zero-order chi connectivity index (χ0) is 43.6. The van der Waals surface area contributed by atoms with E-state index in [0.717, 1.165) is 12.1 Å². The van der Waals surface area contributed by atoms with Crippen LogP contribution in [0.2, 0.25) is 0 Å². The maximum Gasteiger partial charge on any atom is 0.278 e. The van der Waals surface area contributed by atoms with E-state index in [0.29, 0.717) is 11.1 Å². The predicted octanol–water partition coefficient (Wildman–Crippen LogP) is 7.21. The van der Waals surface area contributed by atoms with E-state index in [1.165, 1.54) is 132 Å². The second kappa shape index (κ2) is 19.5. The lowest BCUT2D eigenvalue weighted by Gasteiger charge is -2.23. The summed E-state index contributed by atoms with van der Waals surface area (Å²) >= 11 is 0. The van der Waals surface area contributed by atoms with Crippen LogP contribution in [0.15, 0.2) is 60.7 Å². The standard InChI is InChI=1S/C40H44N2O16S/c1-49-29-19-25(27(41(43)44)21-31(29)51-3)37(13-11-23-15-33(53-5)39(57-9)34(16-23)54-6)59(47,48)38(26-20-30(50-2)32(52-4)22-28(26)42(45)46)14-12-24-17-35(55-7)40(58-10)36(18-24)56-8/h11-22,37-38H,1-10H3/b13-11+,14-12+. The Kier molecular flexibility index (Phi) is 14.8. The third kappa shape index (κ3) is 9.30. The third-order valence-corrected chi connectivity index (χ3v) is 11.3. The average molecular weight is 841 g/mol. The highest BCUT2D eigenvalue weighted by molar-refractivity contribution is 7.92. The topological polar surface area (TPSA) is 213 Å². The van der Waals surface area contributed by atoms with E-state index in [1.54, 1.807) is 0 Å². The molecule has 4 aromatic carbocycles. The molecule has 0 saturated heterocycles. The van der Waals surface area contributed by atoms with Crippen molar-refractivity contribution >= 4 is 33.4 Å². The quantitative estimate of drug-likeness (QED) is 0.0635. The lowest BCUT2D eigenvalue weighted by atomic mass is 10.1. The zero-order valence-electron chi connectivity index (χ0n) is 33.9. The van der Waals surface area contributed by atoms with Crippen molar-refractivity contribution in [1.29, 1.82) is 0 Å². The second-order valence-corrected chi connectivity index (χ2v) is 14.3. The number of ether oxygens (including phenoxy) is 10. The molecule has 59 heavy (non-hydrogen) atoms. The minimum absolute atomic E-state index is 0.0314. The number of nitro benzene ring substituents is 2. The van der Waals surface area contributed by atoms with Crippen molar-refractivity contribution in [3.8, 4) is 57.5 Å². The van der Waals surface area contributed by atoms with Crippen molar-refractivity contribution in [3.63, 3.8) is 0 Å². The van der Waals surface area contributed by atoms with E-state index in [9.17, 15) is 20.2 Å². The smallest absolute Gasteiger partial charge is 0.278 e. The van der Waals surface area contributed by atoms with Crippen molar-refractivity contribution in [2.24, 2.45) is 0 Å². The summed E-state index contributed by atoms with van der Waals surface area (Å²) in [5.74, 6) is 1.26.